The third-order valence-electron chi connectivity index (χ3n) is 2.99. The zero-order valence-corrected chi connectivity index (χ0v) is 13.0. The minimum absolute atomic E-state index is 0.128. The normalized spacial score (nSPS) is 10.8. The van der Waals surface area contributed by atoms with E-state index in [1.165, 1.54) is 6.07 Å². The molecule has 0 aliphatic carbocycles. The first-order valence-corrected chi connectivity index (χ1v) is 7.01. The van der Waals surface area contributed by atoms with E-state index in [1.54, 1.807) is 6.07 Å². The van der Waals surface area contributed by atoms with Crippen LogP contribution in [-0.4, -0.2) is 28.2 Å². The van der Waals surface area contributed by atoms with Crippen LogP contribution in [0.15, 0.2) is 40.1 Å². The number of amides is 1. The van der Waals surface area contributed by atoms with Crippen LogP contribution in [0.3, 0.4) is 0 Å². The summed E-state index contributed by atoms with van der Waals surface area (Å²) in [7, 11) is 0. The summed E-state index contributed by atoms with van der Waals surface area (Å²) in [6.45, 7) is -1.97. The lowest BCUT2D eigenvalue weighted by Gasteiger charge is -2.12. The average Bonchev–Trinajstić information content (AvgIpc) is 2.55. The number of ether oxygens (including phenoxy) is 1. The predicted octanol–water partition coefficient (Wildman–Crippen LogP) is 0.988. The number of anilines is 1. The van der Waals surface area contributed by atoms with E-state index in [9.17, 15) is 27.6 Å². The second-order valence-electron chi connectivity index (χ2n) is 5.01. The van der Waals surface area contributed by atoms with Crippen molar-refractivity contribution in [2.45, 2.75) is 12.7 Å². The second kappa shape index (κ2) is 7.56. The van der Waals surface area contributed by atoms with Gasteiger partial charge in [0, 0.05) is 18.0 Å². The van der Waals surface area contributed by atoms with Crippen LogP contribution in [-0.2, 0) is 11.3 Å². The number of aromatic nitrogens is 2. The van der Waals surface area contributed by atoms with Crippen LogP contribution in [0.5, 0.6) is 5.75 Å². The van der Waals surface area contributed by atoms with Gasteiger partial charge in [-0.05, 0) is 18.2 Å². The van der Waals surface area contributed by atoms with Crippen LogP contribution < -0.4 is 21.3 Å². The molecule has 2 N–H and O–H groups in total. The van der Waals surface area contributed by atoms with E-state index in [4.69, 9.17) is 5.26 Å². The molecule has 11 heteroatoms. The fourth-order valence-electron chi connectivity index (χ4n) is 1.90. The Bertz CT molecular complexity index is 972. The molecule has 0 atom stereocenters. The molecule has 2 rings (SSSR count). The number of alkyl halides is 3. The number of nitrogens with zero attached hydrogens (tertiary/aromatic N) is 2. The van der Waals surface area contributed by atoms with Gasteiger partial charge < -0.3 is 10.1 Å². The van der Waals surface area contributed by atoms with Gasteiger partial charge in [0.1, 0.15) is 18.4 Å². The molecule has 1 amide bonds. The van der Waals surface area contributed by atoms with E-state index in [0.717, 1.165) is 29.0 Å². The van der Waals surface area contributed by atoms with Crippen LogP contribution >= 0.6 is 0 Å². The van der Waals surface area contributed by atoms with Crippen molar-refractivity contribution in [3.8, 4) is 11.8 Å². The smallest absolute Gasteiger partial charge is 0.422 e. The van der Waals surface area contributed by atoms with Crippen LogP contribution in [0.4, 0.5) is 18.9 Å². The van der Waals surface area contributed by atoms with Crippen molar-refractivity contribution in [3.63, 3.8) is 0 Å². The van der Waals surface area contributed by atoms with Gasteiger partial charge >= 0.3 is 11.9 Å². The largest absolute Gasteiger partial charge is 0.483 e. The van der Waals surface area contributed by atoms with Crippen LogP contribution in [0, 0.1) is 11.3 Å². The monoisotopic (exact) mass is 368 g/mol. The molecule has 26 heavy (non-hydrogen) atoms. The van der Waals surface area contributed by atoms with E-state index in [2.05, 4.69) is 10.1 Å². The molecule has 0 saturated carbocycles. The van der Waals surface area contributed by atoms with Gasteiger partial charge in [0.05, 0.1) is 5.56 Å². The highest BCUT2D eigenvalue weighted by Crippen LogP contribution is 2.24. The predicted molar refractivity (Wildman–Crippen MR) is 82.7 cm³/mol. The Hall–Kier alpha value is -3.55. The Balaban J connectivity index is 2.09. The SMILES string of the molecule is N#Cc1cc(NC(=O)Cn2ccc(=O)[nH]c2=O)ccc1OCC(F)(F)F. The Morgan fingerprint density at radius 2 is 2.04 bits per heavy atom. The molecule has 0 saturated heterocycles. The molecule has 0 spiro atoms. The summed E-state index contributed by atoms with van der Waals surface area (Å²) >= 11 is 0. The zero-order valence-electron chi connectivity index (χ0n) is 13.0. The van der Waals surface area contributed by atoms with Crippen LogP contribution in [0.1, 0.15) is 5.56 Å². The van der Waals surface area contributed by atoms with Crippen LogP contribution in [0.25, 0.3) is 0 Å². The van der Waals surface area contributed by atoms with Gasteiger partial charge in [-0.3, -0.25) is 19.1 Å². The number of benzene rings is 1. The second-order valence-corrected chi connectivity index (χ2v) is 5.01. The molecule has 2 aromatic rings. The van der Waals surface area contributed by atoms with Gasteiger partial charge in [-0.1, -0.05) is 0 Å². The van der Waals surface area contributed by atoms with E-state index in [1.807, 2.05) is 4.98 Å². The molecule has 0 fully saturated rings. The van der Waals surface area contributed by atoms with E-state index in [-0.39, 0.29) is 17.0 Å². The lowest BCUT2D eigenvalue weighted by Crippen LogP contribution is -2.32. The fourth-order valence-corrected chi connectivity index (χ4v) is 1.90. The maximum atomic E-state index is 12.2. The summed E-state index contributed by atoms with van der Waals surface area (Å²) in [5.41, 5.74) is -1.46. The summed E-state index contributed by atoms with van der Waals surface area (Å²) < 4.78 is 42.0. The van der Waals surface area contributed by atoms with E-state index >= 15 is 0 Å². The average molecular weight is 368 g/mol. The summed E-state index contributed by atoms with van der Waals surface area (Å²) in [6.07, 6.45) is -3.42. The molecule has 8 nitrogen and oxygen atoms in total. The number of aromatic amines is 1. The van der Waals surface area contributed by atoms with Crippen molar-refractivity contribution in [1.29, 1.82) is 5.26 Å². The molecule has 1 aromatic carbocycles. The molecule has 0 aliphatic rings. The van der Waals surface area contributed by atoms with E-state index in [0.29, 0.717) is 0 Å². The quantitative estimate of drug-likeness (QED) is 0.816. The van der Waals surface area contributed by atoms with Gasteiger partial charge in [0.2, 0.25) is 5.91 Å². The molecule has 136 valence electrons. The van der Waals surface area contributed by atoms with E-state index < -0.39 is 36.5 Å². The summed E-state index contributed by atoms with van der Waals surface area (Å²) in [4.78, 5) is 36.4. The summed E-state index contributed by atoms with van der Waals surface area (Å²) in [6, 6.07) is 6.24. The van der Waals surface area contributed by atoms with Crippen molar-refractivity contribution in [1.82, 2.24) is 9.55 Å². The first kappa shape index (κ1) is 18.8. The highest BCUT2D eigenvalue weighted by molar-refractivity contribution is 5.90. The molecule has 1 aromatic heterocycles. The van der Waals surface area contributed by atoms with Gasteiger partial charge in [-0.15, -0.1) is 0 Å². The summed E-state index contributed by atoms with van der Waals surface area (Å²) in [5, 5.41) is 11.4. The van der Waals surface area contributed by atoms with Crippen molar-refractivity contribution in [2.75, 3.05) is 11.9 Å². The Kier molecular flexibility index (Phi) is 5.46. The van der Waals surface area contributed by atoms with Crippen molar-refractivity contribution >= 4 is 11.6 Å². The maximum Gasteiger partial charge on any atom is 0.422 e. The van der Waals surface area contributed by atoms with Crippen molar-refractivity contribution in [2.24, 2.45) is 0 Å². The third kappa shape index (κ3) is 5.23. The molecular formula is C15H11F3N4O4. The number of hydrogen-bond acceptors (Lipinski definition) is 5. The minimum atomic E-state index is -4.55. The zero-order chi connectivity index (χ0) is 19.3. The number of hydrogen-bond donors (Lipinski definition) is 2. The Labute approximate surface area is 143 Å². The lowest BCUT2D eigenvalue weighted by molar-refractivity contribution is -0.153. The third-order valence-corrected chi connectivity index (χ3v) is 2.99. The molecular weight excluding hydrogens is 357 g/mol. The number of halogens is 3. The standard InChI is InChI=1S/C15H11F3N4O4/c16-15(17,18)8-26-11-2-1-10(5-9(11)6-19)20-13(24)7-22-4-3-12(23)21-14(22)25/h1-5H,7-8H2,(H,20,24)(H,21,23,25). The minimum Gasteiger partial charge on any atom is -0.483 e. The molecule has 0 aliphatic heterocycles. The molecule has 0 radical (unpaired) electrons. The highest BCUT2D eigenvalue weighted by atomic mass is 19.4. The van der Waals surface area contributed by atoms with Gasteiger partial charge in [-0.2, -0.15) is 18.4 Å². The van der Waals surface area contributed by atoms with Crippen LogP contribution in [0.2, 0.25) is 0 Å². The summed E-state index contributed by atoms with van der Waals surface area (Å²) in [5.74, 6) is -0.924. The van der Waals surface area contributed by atoms with Gasteiger partial charge in [0.25, 0.3) is 5.56 Å². The number of rotatable bonds is 5. The van der Waals surface area contributed by atoms with Crippen molar-refractivity contribution < 1.29 is 22.7 Å². The number of nitriles is 1. The first-order chi connectivity index (χ1) is 12.2. The lowest BCUT2D eigenvalue weighted by atomic mass is 10.2. The Morgan fingerprint density at radius 1 is 1.31 bits per heavy atom. The highest BCUT2D eigenvalue weighted by Gasteiger charge is 2.28. The Morgan fingerprint density at radius 3 is 2.65 bits per heavy atom. The number of nitrogens with one attached hydrogen (secondary N) is 2. The molecule has 1 heterocycles. The number of carbonyl (C=O) groups is 1. The fraction of sp³-hybridized carbons (Fsp3) is 0.200. The molecule has 0 unspecified atom stereocenters. The number of H-pyrrole nitrogens is 1. The first-order valence-electron chi connectivity index (χ1n) is 7.01. The maximum absolute atomic E-state index is 12.2. The van der Waals surface area contributed by atoms with Gasteiger partial charge in [0.15, 0.2) is 6.61 Å². The number of carbonyl (C=O) groups excluding carboxylic acids is 1. The topological polar surface area (TPSA) is 117 Å². The van der Waals surface area contributed by atoms with Crippen molar-refractivity contribution in [3.05, 3.63) is 56.9 Å². The van der Waals surface area contributed by atoms with Gasteiger partial charge in [-0.25, -0.2) is 4.79 Å². The molecule has 0 bridgehead atoms.